The Morgan fingerprint density at radius 2 is 1.93 bits per heavy atom. The Morgan fingerprint density at radius 1 is 1.09 bits per heavy atom. The standard InChI is InChI=1S/C34H43ClN2O6/c1-3-26-33(40)23-11-13-31-29(17-23)37(15-7-4-8-22-16-25(35)12-10-24(22)20-42-31)19-28-27(18-32(28)43-21-38)30(39)9-5-6-14-36(2)34(26)41/h5,9-13,16-17,21,26-28,30,32-33,39-40H,3-4,6-8,14-15,18-20H2,1-2H3/b9-5+/t26-,27+,28-,30-,32?,33+/m0/s1. The highest BCUT2D eigenvalue weighted by Gasteiger charge is 2.46. The summed E-state index contributed by atoms with van der Waals surface area (Å²) in [4.78, 5) is 28.7. The van der Waals surface area contributed by atoms with Gasteiger partial charge in [-0.3, -0.25) is 9.59 Å². The van der Waals surface area contributed by atoms with Gasteiger partial charge in [0.05, 0.1) is 23.8 Å². The van der Waals surface area contributed by atoms with E-state index >= 15 is 0 Å². The maximum absolute atomic E-state index is 13.4. The summed E-state index contributed by atoms with van der Waals surface area (Å²) in [5.74, 6) is -0.210. The van der Waals surface area contributed by atoms with Gasteiger partial charge in [-0.05, 0) is 85.4 Å². The van der Waals surface area contributed by atoms with Crippen molar-refractivity contribution >= 4 is 29.7 Å². The van der Waals surface area contributed by atoms with Gasteiger partial charge in [0.2, 0.25) is 5.91 Å². The first kappa shape index (κ1) is 31.4. The van der Waals surface area contributed by atoms with E-state index in [0.717, 1.165) is 30.5 Å². The number of aliphatic hydroxyl groups is 2. The topological polar surface area (TPSA) is 99.5 Å². The summed E-state index contributed by atoms with van der Waals surface area (Å²) in [5, 5.41) is 23.4. The first-order valence-electron chi connectivity index (χ1n) is 15.5. The van der Waals surface area contributed by atoms with Gasteiger partial charge in [0.25, 0.3) is 6.47 Å². The molecule has 2 heterocycles. The molecular weight excluding hydrogens is 568 g/mol. The quantitative estimate of drug-likeness (QED) is 0.369. The summed E-state index contributed by atoms with van der Waals surface area (Å²) in [6.45, 7) is 4.51. The van der Waals surface area contributed by atoms with E-state index in [1.807, 2.05) is 49.4 Å². The molecule has 8 nitrogen and oxygen atoms in total. The van der Waals surface area contributed by atoms with E-state index in [4.69, 9.17) is 21.1 Å². The lowest BCUT2D eigenvalue weighted by molar-refractivity contribution is -0.152. The van der Waals surface area contributed by atoms with Crippen LogP contribution in [0.4, 0.5) is 5.69 Å². The van der Waals surface area contributed by atoms with E-state index in [1.54, 1.807) is 18.0 Å². The van der Waals surface area contributed by atoms with E-state index in [2.05, 4.69) is 4.90 Å². The van der Waals surface area contributed by atoms with Gasteiger partial charge >= 0.3 is 0 Å². The van der Waals surface area contributed by atoms with Gasteiger partial charge in [0.15, 0.2) is 0 Å². The zero-order chi connectivity index (χ0) is 30.5. The van der Waals surface area contributed by atoms with Crippen LogP contribution in [0.3, 0.4) is 0 Å². The van der Waals surface area contributed by atoms with Gasteiger partial charge in [0, 0.05) is 37.6 Å². The number of amides is 1. The van der Waals surface area contributed by atoms with E-state index in [0.29, 0.717) is 68.3 Å². The van der Waals surface area contributed by atoms with Gasteiger partial charge in [0.1, 0.15) is 18.5 Å². The molecule has 2 aromatic rings. The van der Waals surface area contributed by atoms with E-state index in [1.165, 1.54) is 5.56 Å². The summed E-state index contributed by atoms with van der Waals surface area (Å²) in [5.41, 5.74) is 3.72. The molecule has 1 unspecified atom stereocenters. The van der Waals surface area contributed by atoms with Crippen molar-refractivity contribution in [3.8, 4) is 5.75 Å². The fourth-order valence-electron chi connectivity index (χ4n) is 6.77. The molecule has 0 spiro atoms. The zero-order valence-electron chi connectivity index (χ0n) is 25.0. The SMILES string of the molecule is CC[C@@H]1C(=O)N(C)CC/C=C/[C@H](O)[C@@H]2CC(OC=O)[C@H]2CN2CCCCc3cc(Cl)ccc3COc3ccc(cc32)[C@H]1O. The highest BCUT2D eigenvalue weighted by atomic mass is 35.5. The molecule has 2 aliphatic heterocycles. The van der Waals surface area contributed by atoms with E-state index < -0.39 is 18.1 Å². The Balaban J connectivity index is 1.57. The molecule has 1 fully saturated rings. The Hall–Kier alpha value is -3.07. The average Bonchev–Trinajstić information content (AvgIpc) is 3.02. The fourth-order valence-corrected chi connectivity index (χ4v) is 6.96. The van der Waals surface area contributed by atoms with Gasteiger partial charge in [-0.1, -0.05) is 42.8 Å². The van der Waals surface area contributed by atoms with Crippen LogP contribution in [-0.2, 0) is 27.4 Å². The average molecular weight is 611 g/mol. The van der Waals surface area contributed by atoms with Crippen molar-refractivity contribution in [3.05, 3.63) is 70.3 Å². The van der Waals surface area contributed by atoms with Crippen molar-refractivity contribution in [2.75, 3.05) is 31.6 Å². The molecule has 2 N–H and O–H groups in total. The summed E-state index contributed by atoms with van der Waals surface area (Å²) < 4.78 is 11.9. The third-order valence-corrected chi connectivity index (χ3v) is 9.69. The normalized spacial score (nSPS) is 29.2. The van der Waals surface area contributed by atoms with E-state index in [9.17, 15) is 19.8 Å². The molecule has 232 valence electrons. The first-order chi connectivity index (χ1) is 20.8. The van der Waals surface area contributed by atoms with Gasteiger partial charge in [-0.2, -0.15) is 0 Å². The molecule has 1 saturated carbocycles. The molecule has 6 atom stereocenters. The highest BCUT2D eigenvalue weighted by Crippen LogP contribution is 2.43. The maximum atomic E-state index is 13.4. The molecule has 5 rings (SSSR count). The van der Waals surface area contributed by atoms with Gasteiger partial charge in [-0.25, -0.2) is 0 Å². The summed E-state index contributed by atoms with van der Waals surface area (Å²) >= 11 is 6.33. The van der Waals surface area contributed by atoms with Crippen molar-refractivity contribution < 1.29 is 29.3 Å². The van der Waals surface area contributed by atoms with Crippen molar-refractivity contribution in [1.82, 2.24) is 4.90 Å². The number of carbonyl (C=O) groups is 2. The van der Waals surface area contributed by atoms with Crippen molar-refractivity contribution in [3.63, 3.8) is 0 Å². The summed E-state index contributed by atoms with van der Waals surface area (Å²) in [6.07, 6.45) is 6.10. The molecule has 1 amide bonds. The Kier molecular flexibility index (Phi) is 10.3. The largest absolute Gasteiger partial charge is 0.487 e. The second kappa shape index (κ2) is 14.1. The number of halogens is 1. The summed E-state index contributed by atoms with van der Waals surface area (Å²) in [7, 11) is 1.75. The van der Waals surface area contributed by atoms with Crippen LogP contribution < -0.4 is 9.64 Å². The third kappa shape index (κ3) is 7.03. The molecule has 0 saturated heterocycles. The molecule has 2 bridgehead atoms. The second-order valence-electron chi connectivity index (χ2n) is 12.1. The van der Waals surface area contributed by atoms with Crippen LogP contribution >= 0.6 is 11.6 Å². The minimum Gasteiger partial charge on any atom is -0.487 e. The van der Waals surface area contributed by atoms with E-state index in [-0.39, 0.29) is 23.8 Å². The number of anilines is 1. The lowest BCUT2D eigenvalue weighted by Crippen LogP contribution is -2.53. The van der Waals surface area contributed by atoms with Gasteiger partial charge < -0.3 is 29.5 Å². The van der Waals surface area contributed by atoms with Gasteiger partial charge in [-0.15, -0.1) is 0 Å². The number of fused-ring (bicyclic) bond motifs is 3. The number of nitrogens with zero attached hydrogens (tertiary/aromatic N) is 2. The first-order valence-corrected chi connectivity index (χ1v) is 15.8. The molecule has 3 aliphatic rings. The lowest BCUT2D eigenvalue weighted by Gasteiger charge is -2.47. The van der Waals surface area contributed by atoms with Crippen LogP contribution in [0, 0.1) is 17.8 Å². The monoisotopic (exact) mass is 610 g/mol. The van der Waals surface area contributed by atoms with Crippen LogP contribution in [0.5, 0.6) is 5.75 Å². The number of aryl methyl sites for hydroxylation is 1. The van der Waals surface area contributed by atoms with Crippen LogP contribution in [0.25, 0.3) is 0 Å². The molecule has 2 aromatic carbocycles. The molecule has 43 heavy (non-hydrogen) atoms. The van der Waals surface area contributed by atoms with Crippen LogP contribution in [0.15, 0.2) is 48.6 Å². The Morgan fingerprint density at radius 3 is 2.72 bits per heavy atom. The molecular formula is C34H43ClN2O6. The number of ether oxygens (including phenoxy) is 2. The molecule has 1 aliphatic carbocycles. The lowest BCUT2D eigenvalue weighted by atomic mass is 9.67. The minimum absolute atomic E-state index is 0.0827. The number of hydrogen-bond donors (Lipinski definition) is 2. The van der Waals surface area contributed by atoms with Crippen LogP contribution in [0.1, 0.15) is 61.8 Å². The predicted octanol–water partition coefficient (Wildman–Crippen LogP) is 5.08. The van der Waals surface area contributed by atoms with Crippen molar-refractivity contribution in [2.45, 2.75) is 70.4 Å². The third-order valence-electron chi connectivity index (χ3n) is 9.45. The van der Waals surface area contributed by atoms with Crippen molar-refractivity contribution in [2.24, 2.45) is 17.8 Å². The number of aliphatic hydroxyl groups excluding tert-OH is 2. The van der Waals surface area contributed by atoms with Crippen molar-refractivity contribution in [1.29, 1.82) is 0 Å². The second-order valence-corrected chi connectivity index (χ2v) is 12.5. The zero-order valence-corrected chi connectivity index (χ0v) is 25.8. The number of hydrogen-bond acceptors (Lipinski definition) is 7. The Labute approximate surface area is 259 Å². The molecule has 0 aromatic heterocycles. The maximum Gasteiger partial charge on any atom is 0.293 e. The Bertz CT molecular complexity index is 1320. The molecule has 0 radical (unpaired) electrons. The van der Waals surface area contributed by atoms with Crippen LogP contribution in [-0.4, -0.2) is 66.4 Å². The number of benzene rings is 2. The number of rotatable bonds is 3. The molecule has 9 heteroatoms. The number of carbonyl (C=O) groups excluding carboxylic acids is 2. The highest BCUT2D eigenvalue weighted by molar-refractivity contribution is 6.30. The predicted molar refractivity (Wildman–Crippen MR) is 166 cm³/mol. The smallest absolute Gasteiger partial charge is 0.293 e. The fraction of sp³-hybridized carbons (Fsp3) is 0.529. The van der Waals surface area contributed by atoms with Crippen LogP contribution in [0.2, 0.25) is 5.02 Å². The minimum atomic E-state index is -0.985. The summed E-state index contributed by atoms with van der Waals surface area (Å²) in [6, 6.07) is 11.6.